The van der Waals surface area contributed by atoms with Gasteiger partial charge in [0.15, 0.2) is 0 Å². The minimum atomic E-state index is -5.49. The zero-order valence-corrected chi connectivity index (χ0v) is 18.9. The highest BCUT2D eigenvalue weighted by atomic mass is 19.4. The Bertz CT molecular complexity index is 1230. The number of hydroxylamine groups is 1. The second kappa shape index (κ2) is 8.78. The third kappa shape index (κ3) is 4.63. The second-order valence-corrected chi connectivity index (χ2v) is 8.98. The Labute approximate surface area is 207 Å². The maximum absolute atomic E-state index is 14.2. The SMILES string of the molecule is NC(=O)N1CC(CF)(c2ccc(C3=CC(c4cc(C(F)(F)F)cc(C(F)(F)F)c4)(C(F)(F)F)ON3)cc2)C1. The first-order valence-electron chi connectivity index (χ1n) is 10.7. The van der Waals surface area contributed by atoms with Crippen LogP contribution in [0.15, 0.2) is 48.5 Å². The van der Waals surface area contributed by atoms with Gasteiger partial charge in [-0.1, -0.05) is 24.3 Å². The van der Waals surface area contributed by atoms with Gasteiger partial charge in [-0.05, 0) is 35.4 Å². The summed E-state index contributed by atoms with van der Waals surface area (Å²) in [5.41, 5.74) is -2.99. The van der Waals surface area contributed by atoms with Gasteiger partial charge in [-0.3, -0.25) is 10.3 Å². The molecular formula is C23H17F10N3O2. The molecule has 38 heavy (non-hydrogen) atoms. The fraction of sp³-hybridized carbons (Fsp3) is 0.348. The van der Waals surface area contributed by atoms with E-state index in [1.807, 2.05) is 5.48 Å². The van der Waals surface area contributed by atoms with Crippen molar-refractivity contribution < 1.29 is 53.5 Å². The molecule has 2 aliphatic heterocycles. The molecule has 0 aromatic heterocycles. The molecule has 2 aromatic rings. The summed E-state index contributed by atoms with van der Waals surface area (Å²) in [6, 6.07) is 4.11. The van der Waals surface area contributed by atoms with E-state index >= 15 is 0 Å². The normalized spacial score (nSPS) is 21.5. The molecular weight excluding hydrogens is 540 g/mol. The first-order valence-corrected chi connectivity index (χ1v) is 10.7. The number of nitrogens with two attached hydrogens (primary N) is 1. The smallest absolute Gasteiger partial charge is 0.351 e. The van der Waals surface area contributed by atoms with Gasteiger partial charge in [0.25, 0.3) is 0 Å². The van der Waals surface area contributed by atoms with E-state index in [1.54, 1.807) is 0 Å². The molecule has 0 radical (unpaired) electrons. The molecule has 1 fully saturated rings. The first-order chi connectivity index (χ1) is 17.4. The van der Waals surface area contributed by atoms with Gasteiger partial charge in [-0.15, -0.1) is 0 Å². The van der Waals surface area contributed by atoms with Crippen LogP contribution in [0.25, 0.3) is 5.70 Å². The number of likely N-dealkylation sites (tertiary alicyclic amines) is 1. The topological polar surface area (TPSA) is 67.6 Å². The average Bonchev–Trinajstić information content (AvgIpc) is 3.25. The minimum absolute atomic E-state index is 0.0167. The van der Waals surface area contributed by atoms with Crippen LogP contribution in [0.4, 0.5) is 48.7 Å². The number of urea groups is 1. The molecule has 0 spiro atoms. The van der Waals surface area contributed by atoms with E-state index in [-0.39, 0.29) is 36.9 Å². The highest BCUT2D eigenvalue weighted by Gasteiger charge is 2.60. The summed E-state index contributed by atoms with van der Waals surface area (Å²) < 4.78 is 136. The number of rotatable bonds is 4. The predicted octanol–water partition coefficient (Wildman–Crippen LogP) is 5.66. The van der Waals surface area contributed by atoms with Crippen molar-refractivity contribution >= 4 is 11.7 Å². The van der Waals surface area contributed by atoms with E-state index in [1.165, 1.54) is 29.2 Å². The summed E-state index contributed by atoms with van der Waals surface area (Å²) in [5, 5.41) is 0. The first kappa shape index (κ1) is 27.5. The minimum Gasteiger partial charge on any atom is -0.351 e. The van der Waals surface area contributed by atoms with Gasteiger partial charge in [-0.25, -0.2) is 9.18 Å². The number of primary amides is 1. The maximum Gasteiger partial charge on any atom is 0.428 e. The molecule has 0 saturated carbocycles. The van der Waals surface area contributed by atoms with E-state index in [0.29, 0.717) is 11.6 Å². The molecule has 2 heterocycles. The Morgan fingerprint density at radius 2 is 1.42 bits per heavy atom. The fourth-order valence-electron chi connectivity index (χ4n) is 4.34. The van der Waals surface area contributed by atoms with Crippen LogP contribution in [0.5, 0.6) is 0 Å². The van der Waals surface area contributed by atoms with Gasteiger partial charge < -0.3 is 10.6 Å². The number of hydrogen-bond donors (Lipinski definition) is 2. The van der Waals surface area contributed by atoms with Gasteiger partial charge >= 0.3 is 24.6 Å². The van der Waals surface area contributed by atoms with E-state index in [0.717, 1.165) is 0 Å². The molecule has 2 aliphatic rings. The molecule has 15 heteroatoms. The second-order valence-electron chi connectivity index (χ2n) is 8.98. The lowest BCUT2D eigenvalue weighted by Gasteiger charge is -2.48. The maximum atomic E-state index is 14.2. The van der Waals surface area contributed by atoms with E-state index in [2.05, 4.69) is 4.84 Å². The number of carbonyl (C=O) groups excluding carboxylic acids is 1. The van der Waals surface area contributed by atoms with Crippen molar-refractivity contribution in [2.45, 2.75) is 29.5 Å². The van der Waals surface area contributed by atoms with E-state index in [4.69, 9.17) is 5.73 Å². The zero-order chi connectivity index (χ0) is 28.3. The summed E-state index contributed by atoms with van der Waals surface area (Å²) >= 11 is 0. The third-order valence-corrected chi connectivity index (χ3v) is 6.47. The van der Waals surface area contributed by atoms with E-state index in [9.17, 15) is 48.7 Å². The molecule has 5 nitrogen and oxygen atoms in total. The van der Waals surface area contributed by atoms with Crippen LogP contribution in [-0.4, -0.2) is 36.9 Å². The number of benzene rings is 2. The molecule has 0 bridgehead atoms. The van der Waals surface area contributed by atoms with Crippen LogP contribution < -0.4 is 11.2 Å². The monoisotopic (exact) mass is 557 g/mol. The number of amides is 2. The Kier molecular flexibility index (Phi) is 6.36. The van der Waals surface area contributed by atoms with Crippen molar-refractivity contribution in [1.29, 1.82) is 0 Å². The zero-order valence-electron chi connectivity index (χ0n) is 18.9. The van der Waals surface area contributed by atoms with Crippen LogP contribution in [0.2, 0.25) is 0 Å². The lowest BCUT2D eigenvalue weighted by atomic mass is 9.74. The molecule has 1 unspecified atom stereocenters. The van der Waals surface area contributed by atoms with Gasteiger partial charge in [0.05, 0.1) is 22.2 Å². The summed E-state index contributed by atoms with van der Waals surface area (Å²) in [5.74, 6) is 0. The molecule has 2 amide bonds. The van der Waals surface area contributed by atoms with Crippen molar-refractivity contribution in [3.8, 4) is 0 Å². The number of hydrogen-bond acceptors (Lipinski definition) is 3. The molecule has 1 saturated heterocycles. The number of nitrogens with one attached hydrogen (secondary N) is 1. The Hall–Kier alpha value is -3.49. The van der Waals surface area contributed by atoms with Crippen LogP contribution in [0.3, 0.4) is 0 Å². The molecule has 2 aromatic carbocycles. The highest BCUT2D eigenvalue weighted by molar-refractivity contribution is 5.74. The van der Waals surface area contributed by atoms with Crippen molar-refractivity contribution in [3.63, 3.8) is 0 Å². The number of halogens is 10. The standard InChI is InChI=1S/C23H17F10N3O2/c24-9-19(10-36(11-19)18(34)37)13-3-1-12(2-4-13)17-8-20(38-35-17,23(31,32)33)14-5-15(21(25,26)27)7-16(6-14)22(28,29)30/h1-8,35H,9-11H2,(H2,34,37). The largest absolute Gasteiger partial charge is 0.428 e. The van der Waals surface area contributed by atoms with Crippen LogP contribution >= 0.6 is 0 Å². The molecule has 4 rings (SSSR count). The van der Waals surface area contributed by atoms with Gasteiger partial charge in [0.1, 0.15) is 6.67 Å². The lowest BCUT2D eigenvalue weighted by molar-refractivity contribution is -0.269. The van der Waals surface area contributed by atoms with Crippen molar-refractivity contribution in [2.75, 3.05) is 19.8 Å². The number of nitrogens with zero attached hydrogens (tertiary/aromatic N) is 1. The third-order valence-electron chi connectivity index (χ3n) is 6.47. The van der Waals surface area contributed by atoms with E-state index < -0.39 is 64.6 Å². The fourth-order valence-corrected chi connectivity index (χ4v) is 4.34. The average molecular weight is 557 g/mol. The summed E-state index contributed by atoms with van der Waals surface area (Å²) in [4.78, 5) is 17.1. The highest BCUT2D eigenvalue weighted by Crippen LogP contribution is 2.49. The molecule has 206 valence electrons. The summed E-state index contributed by atoms with van der Waals surface area (Å²) in [7, 11) is 0. The molecule has 0 aliphatic carbocycles. The quantitative estimate of drug-likeness (QED) is 0.477. The summed E-state index contributed by atoms with van der Waals surface area (Å²) in [6.45, 7) is -0.929. The molecule has 3 N–H and O–H groups in total. The van der Waals surface area contributed by atoms with Gasteiger partial charge in [0, 0.05) is 18.7 Å². The Morgan fingerprint density at radius 1 is 0.895 bits per heavy atom. The van der Waals surface area contributed by atoms with Crippen LogP contribution in [0.1, 0.15) is 27.8 Å². The van der Waals surface area contributed by atoms with Crippen molar-refractivity contribution in [2.24, 2.45) is 5.73 Å². The van der Waals surface area contributed by atoms with Gasteiger partial charge in [0.2, 0.25) is 5.60 Å². The number of carbonyl (C=O) groups is 1. The molecule has 1 atom stereocenters. The Balaban J connectivity index is 1.75. The number of alkyl halides is 10. The lowest BCUT2D eigenvalue weighted by Crippen LogP contribution is -2.63. The van der Waals surface area contributed by atoms with Gasteiger partial charge in [-0.2, -0.15) is 39.5 Å². The van der Waals surface area contributed by atoms with Crippen molar-refractivity contribution in [1.82, 2.24) is 10.4 Å². The summed E-state index contributed by atoms with van der Waals surface area (Å²) in [6.07, 6.45) is -15.9. The van der Waals surface area contributed by atoms with Crippen LogP contribution in [-0.2, 0) is 28.2 Å². The van der Waals surface area contributed by atoms with Crippen molar-refractivity contribution in [3.05, 3.63) is 76.4 Å². The van der Waals surface area contributed by atoms with Crippen LogP contribution in [0, 0.1) is 0 Å². The Morgan fingerprint density at radius 3 is 1.84 bits per heavy atom. The predicted molar refractivity (Wildman–Crippen MR) is 112 cm³/mol.